The van der Waals surface area contributed by atoms with E-state index in [1.54, 1.807) is 0 Å². The zero-order valence-electron chi connectivity index (χ0n) is 16.6. The first-order valence-corrected chi connectivity index (χ1v) is 9.93. The minimum atomic E-state index is -0.451. The van der Waals surface area contributed by atoms with Crippen molar-refractivity contribution in [2.24, 2.45) is 0 Å². The van der Waals surface area contributed by atoms with Crippen molar-refractivity contribution in [3.8, 4) is 0 Å². The number of benzene rings is 1. The van der Waals surface area contributed by atoms with E-state index in [4.69, 9.17) is 9.26 Å². The number of hydrogen-bond donors (Lipinski definition) is 1. The van der Waals surface area contributed by atoms with Gasteiger partial charge in [0.1, 0.15) is 0 Å². The molecule has 1 aromatic carbocycles. The van der Waals surface area contributed by atoms with Crippen LogP contribution in [0.15, 0.2) is 33.3 Å². The molecule has 0 saturated heterocycles. The van der Waals surface area contributed by atoms with Crippen LogP contribution in [0.3, 0.4) is 0 Å². The summed E-state index contributed by atoms with van der Waals surface area (Å²) in [4.78, 5) is 28.5. The van der Waals surface area contributed by atoms with E-state index in [1.165, 1.54) is 7.11 Å². The average Bonchev–Trinajstić information content (AvgIpc) is 3.10. The molecule has 1 aromatic heterocycles. The Bertz CT molecular complexity index is 814. The fourth-order valence-electron chi connectivity index (χ4n) is 2.55. The lowest BCUT2D eigenvalue weighted by Gasteiger charge is -2.18. The molecule has 8 heteroatoms. The van der Waals surface area contributed by atoms with Gasteiger partial charge in [-0.15, -0.1) is 0 Å². The van der Waals surface area contributed by atoms with Crippen LogP contribution < -0.4 is 5.32 Å². The molecular weight excluding hydrogens is 426 g/mol. The lowest BCUT2D eigenvalue weighted by molar-refractivity contribution is -0.141. The third-order valence-corrected chi connectivity index (χ3v) is 4.61. The lowest BCUT2D eigenvalue weighted by atomic mass is 9.96. The SMILES string of the molecule is COC(=O)C[C@H](NC(=O)CCCc1nc(C(C)(C)C)no1)c1cccc(Br)c1. The molecule has 1 heterocycles. The van der Waals surface area contributed by atoms with Crippen molar-refractivity contribution in [2.45, 2.75) is 57.9 Å². The van der Waals surface area contributed by atoms with Crippen LogP contribution in [0.2, 0.25) is 0 Å². The van der Waals surface area contributed by atoms with Gasteiger partial charge in [-0.1, -0.05) is 54.0 Å². The number of carbonyl (C=O) groups is 2. The largest absolute Gasteiger partial charge is 0.469 e. The fourth-order valence-corrected chi connectivity index (χ4v) is 2.97. The van der Waals surface area contributed by atoms with Gasteiger partial charge in [-0.05, 0) is 24.1 Å². The third-order valence-electron chi connectivity index (χ3n) is 4.12. The monoisotopic (exact) mass is 451 g/mol. The number of rotatable bonds is 8. The minimum absolute atomic E-state index is 0.0668. The summed E-state index contributed by atoms with van der Waals surface area (Å²) in [5.74, 6) is 0.644. The van der Waals surface area contributed by atoms with Gasteiger partial charge in [0, 0.05) is 22.7 Å². The van der Waals surface area contributed by atoms with Crippen LogP contribution >= 0.6 is 15.9 Å². The van der Waals surface area contributed by atoms with E-state index in [0.29, 0.717) is 31.0 Å². The quantitative estimate of drug-likeness (QED) is 0.611. The predicted molar refractivity (Wildman–Crippen MR) is 108 cm³/mol. The Hall–Kier alpha value is -2.22. The van der Waals surface area contributed by atoms with Crippen LogP contribution in [0.1, 0.15) is 63.4 Å². The van der Waals surface area contributed by atoms with Gasteiger partial charge in [-0.3, -0.25) is 9.59 Å². The highest BCUT2D eigenvalue weighted by Gasteiger charge is 2.22. The number of esters is 1. The molecule has 2 rings (SSSR count). The second-order valence-corrected chi connectivity index (χ2v) is 8.49. The molecule has 0 radical (unpaired) electrons. The van der Waals surface area contributed by atoms with Crippen molar-refractivity contribution in [3.05, 3.63) is 46.0 Å². The molecular formula is C20H26BrN3O4. The van der Waals surface area contributed by atoms with Crippen molar-refractivity contribution in [2.75, 3.05) is 7.11 Å². The van der Waals surface area contributed by atoms with Gasteiger partial charge in [-0.2, -0.15) is 4.98 Å². The zero-order chi connectivity index (χ0) is 20.7. The van der Waals surface area contributed by atoms with Crippen molar-refractivity contribution in [1.82, 2.24) is 15.5 Å². The summed E-state index contributed by atoms with van der Waals surface area (Å²) in [6.07, 6.45) is 1.45. The molecule has 0 fully saturated rings. The molecule has 0 aliphatic heterocycles. The van der Waals surface area contributed by atoms with Crippen molar-refractivity contribution in [3.63, 3.8) is 0 Å². The highest BCUT2D eigenvalue weighted by molar-refractivity contribution is 9.10. The Morgan fingerprint density at radius 1 is 1.32 bits per heavy atom. The maximum absolute atomic E-state index is 12.4. The number of carbonyl (C=O) groups excluding carboxylic acids is 2. The molecule has 2 aromatic rings. The van der Waals surface area contributed by atoms with Crippen LogP contribution in [0.5, 0.6) is 0 Å². The Balaban J connectivity index is 1.92. The molecule has 0 aliphatic rings. The summed E-state index contributed by atoms with van der Waals surface area (Å²) in [5.41, 5.74) is 0.657. The molecule has 0 bridgehead atoms. The summed E-state index contributed by atoms with van der Waals surface area (Å²) in [5, 5.41) is 6.90. The van der Waals surface area contributed by atoms with Crippen molar-refractivity contribution in [1.29, 1.82) is 0 Å². The van der Waals surface area contributed by atoms with Gasteiger partial charge in [0.05, 0.1) is 19.6 Å². The highest BCUT2D eigenvalue weighted by Crippen LogP contribution is 2.22. The van der Waals surface area contributed by atoms with Gasteiger partial charge >= 0.3 is 5.97 Å². The van der Waals surface area contributed by atoms with Gasteiger partial charge in [0.15, 0.2) is 5.82 Å². The average molecular weight is 452 g/mol. The van der Waals surface area contributed by atoms with Crippen LogP contribution in [0.4, 0.5) is 0 Å². The smallest absolute Gasteiger partial charge is 0.307 e. The summed E-state index contributed by atoms with van der Waals surface area (Å²) in [6, 6.07) is 7.04. The predicted octanol–water partition coefficient (Wildman–Crippen LogP) is 3.87. The second kappa shape index (κ2) is 9.82. The standard InChI is InChI=1S/C20H26BrN3O4/c1-20(2,3)19-23-17(28-24-19)10-6-9-16(25)22-15(12-18(26)27-4)13-7-5-8-14(21)11-13/h5,7-8,11,15H,6,9-10,12H2,1-4H3,(H,22,25)/t15-/m0/s1. The Morgan fingerprint density at radius 3 is 2.68 bits per heavy atom. The van der Waals surface area contributed by atoms with Crippen molar-refractivity contribution < 1.29 is 18.8 Å². The van der Waals surface area contributed by atoms with Crippen LogP contribution in [-0.4, -0.2) is 29.1 Å². The molecule has 7 nitrogen and oxygen atoms in total. The maximum Gasteiger partial charge on any atom is 0.307 e. The van der Waals surface area contributed by atoms with E-state index < -0.39 is 6.04 Å². The Labute approximate surface area is 173 Å². The zero-order valence-corrected chi connectivity index (χ0v) is 18.2. The summed E-state index contributed by atoms with van der Waals surface area (Å²) >= 11 is 3.41. The summed E-state index contributed by atoms with van der Waals surface area (Å²) in [6.45, 7) is 6.04. The molecule has 152 valence electrons. The van der Waals surface area contributed by atoms with Crippen LogP contribution in [0.25, 0.3) is 0 Å². The van der Waals surface area contributed by atoms with Gasteiger partial charge in [0.2, 0.25) is 11.8 Å². The molecule has 0 spiro atoms. The van der Waals surface area contributed by atoms with Gasteiger partial charge in [-0.25, -0.2) is 0 Å². The van der Waals surface area contributed by atoms with E-state index in [9.17, 15) is 9.59 Å². The second-order valence-electron chi connectivity index (χ2n) is 7.57. The van der Waals surface area contributed by atoms with Gasteiger partial charge in [0.25, 0.3) is 0 Å². The first-order chi connectivity index (χ1) is 13.2. The number of ether oxygens (including phenoxy) is 1. The molecule has 1 atom stereocenters. The fraction of sp³-hybridized carbons (Fsp3) is 0.500. The maximum atomic E-state index is 12.4. The first-order valence-electron chi connectivity index (χ1n) is 9.13. The van der Waals surface area contributed by atoms with E-state index in [1.807, 2.05) is 45.0 Å². The van der Waals surface area contributed by atoms with E-state index in [2.05, 4.69) is 31.4 Å². The number of hydrogen-bond acceptors (Lipinski definition) is 6. The highest BCUT2D eigenvalue weighted by atomic mass is 79.9. The Kier molecular flexibility index (Phi) is 7.74. The molecule has 28 heavy (non-hydrogen) atoms. The molecule has 0 aliphatic carbocycles. The van der Waals surface area contributed by atoms with E-state index >= 15 is 0 Å². The normalized spacial score (nSPS) is 12.5. The van der Waals surface area contributed by atoms with E-state index in [0.717, 1.165) is 10.0 Å². The number of nitrogens with one attached hydrogen (secondary N) is 1. The summed E-state index contributed by atoms with van der Waals surface area (Å²) < 4.78 is 10.9. The van der Waals surface area contributed by atoms with Crippen molar-refractivity contribution >= 4 is 27.8 Å². The van der Waals surface area contributed by atoms with Crippen LogP contribution in [-0.2, 0) is 26.2 Å². The number of aryl methyl sites for hydroxylation is 1. The van der Waals surface area contributed by atoms with Crippen LogP contribution in [0, 0.1) is 0 Å². The number of methoxy groups -OCH3 is 1. The molecule has 1 amide bonds. The minimum Gasteiger partial charge on any atom is -0.469 e. The number of halogens is 1. The first kappa shape index (κ1) is 22.1. The molecule has 0 unspecified atom stereocenters. The number of amides is 1. The third kappa shape index (κ3) is 6.74. The van der Waals surface area contributed by atoms with E-state index in [-0.39, 0.29) is 23.7 Å². The summed E-state index contributed by atoms with van der Waals surface area (Å²) in [7, 11) is 1.33. The molecule has 1 N–H and O–H groups in total. The van der Waals surface area contributed by atoms with Gasteiger partial charge < -0.3 is 14.6 Å². The number of aromatic nitrogens is 2. The number of nitrogens with zero attached hydrogens (tertiary/aromatic N) is 2. The molecule has 0 saturated carbocycles. The Morgan fingerprint density at radius 2 is 2.07 bits per heavy atom. The lowest BCUT2D eigenvalue weighted by Crippen LogP contribution is -2.30. The topological polar surface area (TPSA) is 94.3 Å².